The number of esters is 3. The number of ether oxygens (including phenoxy) is 3. The summed E-state index contributed by atoms with van der Waals surface area (Å²) >= 11 is 15.8. The molecule has 0 rings (SSSR count). The van der Waals surface area contributed by atoms with Crippen LogP contribution in [0.5, 0.6) is 0 Å². The van der Waals surface area contributed by atoms with E-state index in [1.165, 1.54) is 0 Å². The molecule has 0 aliphatic carbocycles. The van der Waals surface area contributed by atoms with Crippen molar-refractivity contribution >= 4 is 58.7 Å². The Balaban J connectivity index is 5.83. The van der Waals surface area contributed by atoms with Crippen LogP contribution in [0.3, 0.4) is 0 Å². The number of alkyl halides is 3. The lowest BCUT2D eigenvalue weighted by atomic mass is 10.0. The van der Waals surface area contributed by atoms with Crippen molar-refractivity contribution in [1.29, 1.82) is 0 Å². The van der Waals surface area contributed by atoms with E-state index in [1.54, 1.807) is 0 Å². The van der Waals surface area contributed by atoms with Crippen LogP contribution in [-0.4, -0.2) is 87.9 Å². The van der Waals surface area contributed by atoms with E-state index < -0.39 is 72.5 Å². The van der Waals surface area contributed by atoms with Crippen LogP contribution in [0.2, 0.25) is 0 Å². The third-order valence-corrected chi connectivity index (χ3v) is 3.21. The number of hydrogen-bond acceptors (Lipinski definition) is 9. The van der Waals surface area contributed by atoms with Crippen molar-refractivity contribution in [3.05, 3.63) is 0 Å². The Morgan fingerprint density at radius 1 is 0.800 bits per heavy atom. The first kappa shape index (κ1) is 23.7. The van der Waals surface area contributed by atoms with Crippen LogP contribution in [0.1, 0.15) is 0 Å². The van der Waals surface area contributed by atoms with Gasteiger partial charge in [-0.15, -0.1) is 34.8 Å². The minimum absolute atomic E-state index is 0.690. The summed E-state index contributed by atoms with van der Waals surface area (Å²) in [6, 6.07) is 0. The number of carbonyl (C=O) groups excluding carboxylic acids is 3. The highest BCUT2D eigenvalue weighted by molar-refractivity contribution is 6.27. The number of carboxylic acids is 1. The van der Waals surface area contributed by atoms with Crippen molar-refractivity contribution in [3.63, 3.8) is 0 Å². The molecule has 0 saturated heterocycles. The van der Waals surface area contributed by atoms with E-state index in [-0.39, 0.29) is 0 Å². The van der Waals surface area contributed by atoms with Gasteiger partial charge in [0.1, 0.15) is 23.7 Å². The highest BCUT2D eigenvalue weighted by Gasteiger charge is 2.45. The van der Waals surface area contributed by atoms with Gasteiger partial charge in [0.15, 0.2) is 12.2 Å². The summed E-state index contributed by atoms with van der Waals surface area (Å²) in [5.74, 6) is -7.43. The molecule has 0 aliphatic rings. The maximum absolute atomic E-state index is 11.5. The maximum atomic E-state index is 11.5. The normalized spacial score (nSPS) is 15.4. The summed E-state index contributed by atoms with van der Waals surface area (Å²) in [7, 11) is 0. The van der Waals surface area contributed by atoms with Gasteiger partial charge in [-0.05, 0) is 0 Å². The standard InChI is InChI=1S/C12H15Cl3O10/c13-1-6(18)23-9(5(17)4-16)10(24-7(19)2-14)11(12(21)22)25-8(20)3-15/h5,9-11,16-17H,1-4H2,(H,21,22)/t5-,9-,10+,11-/m1/s1. The molecule has 0 radical (unpaired) electrons. The molecule has 0 aromatic heterocycles. The molecule has 144 valence electrons. The van der Waals surface area contributed by atoms with Crippen LogP contribution in [0, 0.1) is 0 Å². The fourth-order valence-corrected chi connectivity index (χ4v) is 1.76. The average Bonchev–Trinajstić information content (AvgIpc) is 2.60. The van der Waals surface area contributed by atoms with Crippen molar-refractivity contribution in [2.75, 3.05) is 24.2 Å². The molecule has 0 saturated carbocycles. The molecule has 0 aliphatic heterocycles. The number of carboxylic acid groups (broad SMARTS) is 1. The lowest BCUT2D eigenvalue weighted by molar-refractivity contribution is -0.200. The van der Waals surface area contributed by atoms with Gasteiger partial charge in [0.25, 0.3) is 0 Å². The summed E-state index contributed by atoms with van der Waals surface area (Å²) in [6.45, 7) is -1.01. The van der Waals surface area contributed by atoms with Gasteiger partial charge in [-0.25, -0.2) is 4.79 Å². The first-order chi connectivity index (χ1) is 11.7. The van der Waals surface area contributed by atoms with Crippen molar-refractivity contribution in [1.82, 2.24) is 0 Å². The van der Waals surface area contributed by atoms with Gasteiger partial charge < -0.3 is 29.5 Å². The van der Waals surface area contributed by atoms with Crippen LogP contribution in [-0.2, 0) is 33.4 Å². The minimum atomic E-state index is -2.22. The molecule has 13 heteroatoms. The predicted octanol–water partition coefficient (Wildman–Crippen LogP) is -1.12. The number of aliphatic hydroxyl groups is 2. The van der Waals surface area contributed by atoms with Crippen LogP contribution < -0.4 is 0 Å². The van der Waals surface area contributed by atoms with Gasteiger partial charge in [0, 0.05) is 0 Å². The fourth-order valence-electron chi connectivity index (χ4n) is 1.57. The molecule has 3 N–H and O–H groups in total. The summed E-state index contributed by atoms with van der Waals surface area (Å²) in [6.07, 6.45) is -8.07. The molecule has 0 spiro atoms. The number of rotatable bonds is 11. The molecule has 0 bridgehead atoms. The first-order valence-corrected chi connectivity index (χ1v) is 8.10. The smallest absolute Gasteiger partial charge is 0.349 e. The SMILES string of the molecule is O=C(CCl)O[C@@H]([C@H](OC(=O)CCl)[C@@H](OC(=O)CCl)C(=O)O)[C@H](O)CO. The number of aliphatic carboxylic acids is 1. The van der Waals surface area contributed by atoms with Crippen molar-refractivity contribution in [3.8, 4) is 0 Å². The molecule has 0 aromatic rings. The van der Waals surface area contributed by atoms with Crippen LogP contribution >= 0.6 is 34.8 Å². The van der Waals surface area contributed by atoms with E-state index in [2.05, 4.69) is 4.74 Å². The third-order valence-electron chi connectivity index (χ3n) is 2.55. The Bertz CT molecular complexity index is 486. The zero-order valence-corrected chi connectivity index (χ0v) is 14.7. The van der Waals surface area contributed by atoms with Crippen LogP contribution in [0.25, 0.3) is 0 Å². The summed E-state index contributed by atoms with van der Waals surface area (Å²) in [4.78, 5) is 45.5. The molecule has 10 nitrogen and oxygen atoms in total. The zero-order chi connectivity index (χ0) is 19.6. The van der Waals surface area contributed by atoms with Gasteiger partial charge in [0.2, 0.25) is 6.10 Å². The van der Waals surface area contributed by atoms with E-state index in [4.69, 9.17) is 49.4 Å². The Morgan fingerprint density at radius 3 is 1.56 bits per heavy atom. The van der Waals surface area contributed by atoms with Gasteiger partial charge >= 0.3 is 23.9 Å². The monoisotopic (exact) mass is 424 g/mol. The predicted molar refractivity (Wildman–Crippen MR) is 82.5 cm³/mol. The highest BCUT2D eigenvalue weighted by Crippen LogP contribution is 2.18. The third kappa shape index (κ3) is 8.06. The van der Waals surface area contributed by atoms with Gasteiger partial charge in [0.05, 0.1) is 6.61 Å². The molecule has 0 aromatic carbocycles. The number of carbonyl (C=O) groups is 4. The average molecular weight is 426 g/mol. The Kier molecular flexibility index (Phi) is 11.4. The second-order valence-electron chi connectivity index (χ2n) is 4.31. The lowest BCUT2D eigenvalue weighted by Gasteiger charge is -2.32. The lowest BCUT2D eigenvalue weighted by Crippen LogP contribution is -2.54. The zero-order valence-electron chi connectivity index (χ0n) is 12.5. The molecule has 0 amide bonds. The summed E-state index contributed by atoms with van der Waals surface area (Å²) < 4.78 is 14.0. The second kappa shape index (κ2) is 12.1. The molecular formula is C12H15Cl3O10. The van der Waals surface area contributed by atoms with Gasteiger partial charge in [-0.1, -0.05) is 0 Å². The van der Waals surface area contributed by atoms with Crippen molar-refractivity contribution in [2.24, 2.45) is 0 Å². The van der Waals surface area contributed by atoms with E-state index >= 15 is 0 Å². The van der Waals surface area contributed by atoms with Crippen molar-refractivity contribution in [2.45, 2.75) is 24.4 Å². The number of halogens is 3. The molecule has 0 fully saturated rings. The fraction of sp³-hybridized carbons (Fsp3) is 0.667. The molecule has 4 atom stereocenters. The molecule has 0 unspecified atom stereocenters. The number of aliphatic hydroxyl groups excluding tert-OH is 2. The van der Waals surface area contributed by atoms with E-state index in [1.807, 2.05) is 0 Å². The van der Waals surface area contributed by atoms with E-state index in [0.717, 1.165) is 0 Å². The Hall–Kier alpha value is -1.33. The maximum Gasteiger partial charge on any atom is 0.349 e. The molecule has 25 heavy (non-hydrogen) atoms. The van der Waals surface area contributed by atoms with E-state index in [0.29, 0.717) is 0 Å². The Morgan fingerprint density at radius 2 is 1.20 bits per heavy atom. The topological polar surface area (TPSA) is 157 Å². The summed E-state index contributed by atoms with van der Waals surface area (Å²) in [5.41, 5.74) is 0. The van der Waals surface area contributed by atoms with Gasteiger partial charge in [-0.2, -0.15) is 0 Å². The molecule has 0 heterocycles. The van der Waals surface area contributed by atoms with Crippen LogP contribution in [0.4, 0.5) is 0 Å². The Labute approximate surface area is 156 Å². The van der Waals surface area contributed by atoms with Gasteiger partial charge in [-0.3, -0.25) is 14.4 Å². The second-order valence-corrected chi connectivity index (χ2v) is 5.11. The largest absolute Gasteiger partial charge is 0.478 e. The quantitative estimate of drug-likeness (QED) is 0.210. The van der Waals surface area contributed by atoms with E-state index in [9.17, 15) is 29.4 Å². The van der Waals surface area contributed by atoms with Crippen LogP contribution in [0.15, 0.2) is 0 Å². The van der Waals surface area contributed by atoms with Crippen molar-refractivity contribution < 1.29 is 48.7 Å². The minimum Gasteiger partial charge on any atom is -0.478 e. The first-order valence-electron chi connectivity index (χ1n) is 6.49. The summed E-state index contributed by atoms with van der Waals surface area (Å²) in [5, 5.41) is 28.1. The highest BCUT2D eigenvalue weighted by atomic mass is 35.5. The number of hydrogen-bond donors (Lipinski definition) is 3. The molecular weight excluding hydrogens is 410 g/mol.